The van der Waals surface area contributed by atoms with E-state index in [1.165, 1.54) is 0 Å². The molecule has 108 valence electrons. The lowest BCUT2D eigenvalue weighted by atomic mass is 9.92. The number of hydrogen-bond donors (Lipinski definition) is 1. The molecule has 0 amide bonds. The van der Waals surface area contributed by atoms with Gasteiger partial charge in [-0.1, -0.05) is 0 Å². The van der Waals surface area contributed by atoms with Gasteiger partial charge in [-0.15, -0.1) is 0 Å². The third-order valence-corrected chi connectivity index (χ3v) is 2.95. The average Bonchev–Trinajstić information content (AvgIpc) is 2.22. The lowest BCUT2D eigenvalue weighted by Gasteiger charge is -2.35. The Labute approximate surface area is 111 Å². The molecule has 0 heterocycles. The molecule has 0 atom stereocenters. The second-order valence-electron chi connectivity index (χ2n) is 5.83. The van der Waals surface area contributed by atoms with Crippen LogP contribution in [0.25, 0.3) is 0 Å². The summed E-state index contributed by atoms with van der Waals surface area (Å²) in [5.41, 5.74) is 0.175. The lowest BCUT2D eigenvalue weighted by molar-refractivity contribution is -0.108. The highest BCUT2D eigenvalue weighted by Gasteiger charge is 2.30. The maximum Gasteiger partial charge on any atom is 0.0704 e. The van der Waals surface area contributed by atoms with Crippen LogP contribution in [0.5, 0.6) is 0 Å². The molecule has 0 spiro atoms. The van der Waals surface area contributed by atoms with E-state index in [0.717, 1.165) is 32.6 Å². The first kappa shape index (κ1) is 15.9. The molecule has 18 heavy (non-hydrogen) atoms. The van der Waals surface area contributed by atoms with Crippen LogP contribution < -0.4 is 5.32 Å². The summed E-state index contributed by atoms with van der Waals surface area (Å²) >= 11 is 0. The fourth-order valence-corrected chi connectivity index (χ4v) is 1.86. The van der Waals surface area contributed by atoms with E-state index in [1.807, 2.05) is 6.92 Å². The highest BCUT2D eigenvalue weighted by atomic mass is 16.5. The van der Waals surface area contributed by atoms with Crippen molar-refractivity contribution in [1.82, 2.24) is 5.32 Å². The average molecular weight is 259 g/mol. The van der Waals surface area contributed by atoms with Gasteiger partial charge in [-0.2, -0.15) is 0 Å². The van der Waals surface area contributed by atoms with E-state index in [9.17, 15) is 0 Å². The van der Waals surface area contributed by atoms with Gasteiger partial charge in [0.1, 0.15) is 0 Å². The molecule has 0 unspecified atom stereocenters. The van der Waals surface area contributed by atoms with Gasteiger partial charge < -0.3 is 19.5 Å². The Morgan fingerprint density at radius 3 is 2.17 bits per heavy atom. The van der Waals surface area contributed by atoms with Crippen molar-refractivity contribution < 1.29 is 14.2 Å². The molecular formula is C14H29NO3. The van der Waals surface area contributed by atoms with Crippen LogP contribution in [-0.4, -0.2) is 50.7 Å². The molecule has 0 aromatic rings. The lowest BCUT2D eigenvalue weighted by Crippen LogP contribution is -2.41. The van der Waals surface area contributed by atoms with Crippen LogP contribution in [0.15, 0.2) is 0 Å². The van der Waals surface area contributed by atoms with Gasteiger partial charge in [0, 0.05) is 18.7 Å². The van der Waals surface area contributed by atoms with E-state index in [4.69, 9.17) is 14.2 Å². The molecule has 0 bridgehead atoms. The Kier molecular flexibility index (Phi) is 7.15. The van der Waals surface area contributed by atoms with Crippen LogP contribution in [-0.2, 0) is 14.2 Å². The standard InChI is InChI=1S/C14H29NO3/c1-5-16-8-9-18-13-10-12(11-13)17-7-6-15-14(2,3)4/h12-13,15H,5-11H2,1-4H3. The van der Waals surface area contributed by atoms with Gasteiger partial charge in [-0.25, -0.2) is 0 Å². The molecule has 1 fully saturated rings. The smallest absolute Gasteiger partial charge is 0.0704 e. The van der Waals surface area contributed by atoms with Crippen LogP contribution in [0.3, 0.4) is 0 Å². The minimum absolute atomic E-state index is 0.175. The molecule has 1 aliphatic carbocycles. The van der Waals surface area contributed by atoms with Crippen molar-refractivity contribution in [2.24, 2.45) is 0 Å². The van der Waals surface area contributed by atoms with E-state index < -0.39 is 0 Å². The normalized spacial score (nSPS) is 24.0. The maximum absolute atomic E-state index is 5.76. The Morgan fingerprint density at radius 1 is 1.00 bits per heavy atom. The summed E-state index contributed by atoms with van der Waals surface area (Å²) in [4.78, 5) is 0. The first-order valence-corrected chi connectivity index (χ1v) is 7.07. The predicted octanol–water partition coefficient (Wildman–Crippen LogP) is 1.98. The molecular weight excluding hydrogens is 230 g/mol. The first-order chi connectivity index (χ1) is 8.51. The molecule has 1 rings (SSSR count). The van der Waals surface area contributed by atoms with Crippen LogP contribution in [0.2, 0.25) is 0 Å². The highest BCUT2D eigenvalue weighted by Crippen LogP contribution is 2.26. The monoisotopic (exact) mass is 259 g/mol. The van der Waals surface area contributed by atoms with Gasteiger partial charge in [-0.3, -0.25) is 0 Å². The van der Waals surface area contributed by atoms with Crippen molar-refractivity contribution in [2.75, 3.05) is 33.0 Å². The van der Waals surface area contributed by atoms with Crippen LogP contribution in [0.4, 0.5) is 0 Å². The zero-order valence-electron chi connectivity index (χ0n) is 12.3. The quantitative estimate of drug-likeness (QED) is 0.643. The van der Waals surface area contributed by atoms with E-state index in [1.54, 1.807) is 0 Å². The summed E-state index contributed by atoms with van der Waals surface area (Å²) in [6, 6.07) is 0. The Bertz CT molecular complexity index is 210. The molecule has 1 N–H and O–H groups in total. The van der Waals surface area contributed by atoms with Gasteiger partial charge in [0.05, 0.1) is 32.0 Å². The molecule has 4 nitrogen and oxygen atoms in total. The molecule has 4 heteroatoms. The minimum atomic E-state index is 0.175. The summed E-state index contributed by atoms with van der Waals surface area (Å²) in [5.74, 6) is 0. The highest BCUT2D eigenvalue weighted by molar-refractivity contribution is 4.81. The largest absolute Gasteiger partial charge is 0.379 e. The molecule has 0 aromatic heterocycles. The van der Waals surface area contributed by atoms with Gasteiger partial charge in [-0.05, 0) is 40.5 Å². The first-order valence-electron chi connectivity index (χ1n) is 7.07. The van der Waals surface area contributed by atoms with Gasteiger partial charge in [0.15, 0.2) is 0 Å². The third-order valence-electron chi connectivity index (χ3n) is 2.95. The third kappa shape index (κ3) is 7.31. The van der Waals surface area contributed by atoms with Crippen molar-refractivity contribution >= 4 is 0 Å². The van der Waals surface area contributed by atoms with Crippen LogP contribution in [0, 0.1) is 0 Å². The number of rotatable bonds is 9. The number of ether oxygens (including phenoxy) is 3. The van der Waals surface area contributed by atoms with Crippen molar-refractivity contribution in [1.29, 1.82) is 0 Å². The molecule has 0 radical (unpaired) electrons. The Hall–Kier alpha value is -0.160. The molecule has 1 aliphatic rings. The minimum Gasteiger partial charge on any atom is -0.379 e. The fraction of sp³-hybridized carbons (Fsp3) is 1.00. The topological polar surface area (TPSA) is 39.7 Å². The molecule has 0 aromatic carbocycles. The summed E-state index contributed by atoms with van der Waals surface area (Å²) in [5, 5.41) is 3.41. The van der Waals surface area contributed by atoms with E-state index in [2.05, 4.69) is 26.1 Å². The zero-order chi connectivity index (χ0) is 13.4. The summed E-state index contributed by atoms with van der Waals surface area (Å²) in [7, 11) is 0. The molecule has 0 aliphatic heterocycles. The van der Waals surface area contributed by atoms with Gasteiger partial charge in [0.2, 0.25) is 0 Å². The SMILES string of the molecule is CCOCCOC1CC(OCCNC(C)(C)C)C1. The van der Waals surface area contributed by atoms with E-state index in [-0.39, 0.29) is 5.54 Å². The van der Waals surface area contributed by atoms with Crippen molar-refractivity contribution in [3.8, 4) is 0 Å². The van der Waals surface area contributed by atoms with Crippen LogP contribution in [0.1, 0.15) is 40.5 Å². The summed E-state index contributed by atoms with van der Waals surface area (Å²) in [6.45, 7) is 12.4. The molecule has 0 saturated heterocycles. The number of hydrogen-bond acceptors (Lipinski definition) is 4. The number of nitrogens with one attached hydrogen (secondary N) is 1. The predicted molar refractivity (Wildman–Crippen MR) is 73.0 cm³/mol. The van der Waals surface area contributed by atoms with Crippen molar-refractivity contribution in [3.05, 3.63) is 0 Å². The van der Waals surface area contributed by atoms with E-state index >= 15 is 0 Å². The molecule has 1 saturated carbocycles. The summed E-state index contributed by atoms with van der Waals surface area (Å²) in [6.07, 6.45) is 2.83. The fourth-order valence-electron chi connectivity index (χ4n) is 1.86. The zero-order valence-corrected chi connectivity index (χ0v) is 12.3. The van der Waals surface area contributed by atoms with Crippen molar-refractivity contribution in [2.45, 2.75) is 58.3 Å². The second kappa shape index (κ2) is 8.10. The Balaban J connectivity index is 1.87. The van der Waals surface area contributed by atoms with Crippen LogP contribution >= 0.6 is 0 Å². The maximum atomic E-state index is 5.76. The van der Waals surface area contributed by atoms with E-state index in [0.29, 0.717) is 25.4 Å². The van der Waals surface area contributed by atoms with Gasteiger partial charge >= 0.3 is 0 Å². The van der Waals surface area contributed by atoms with Crippen molar-refractivity contribution in [3.63, 3.8) is 0 Å². The van der Waals surface area contributed by atoms with Gasteiger partial charge in [0.25, 0.3) is 0 Å². The second-order valence-corrected chi connectivity index (χ2v) is 5.83. The summed E-state index contributed by atoms with van der Waals surface area (Å²) < 4.78 is 16.6. The Morgan fingerprint density at radius 2 is 1.61 bits per heavy atom.